The van der Waals surface area contributed by atoms with E-state index in [4.69, 9.17) is 9.47 Å². The summed E-state index contributed by atoms with van der Waals surface area (Å²) in [6.07, 6.45) is 0.575. The molecule has 0 unspecified atom stereocenters. The highest BCUT2D eigenvalue weighted by Crippen LogP contribution is 2.36. The molecule has 0 radical (unpaired) electrons. The average Bonchev–Trinajstić information content (AvgIpc) is 2.93. The summed E-state index contributed by atoms with van der Waals surface area (Å²) in [7, 11) is -2.21. The number of nitrogens with one attached hydrogen (secondary N) is 1. The van der Waals surface area contributed by atoms with Gasteiger partial charge in [0.2, 0.25) is 15.9 Å². The number of fused-ring (bicyclic) bond motifs is 1. The van der Waals surface area contributed by atoms with Gasteiger partial charge in [-0.2, -0.15) is 4.31 Å². The van der Waals surface area contributed by atoms with E-state index in [1.165, 1.54) is 10.4 Å². The van der Waals surface area contributed by atoms with E-state index in [1.807, 2.05) is 29.2 Å². The third kappa shape index (κ3) is 5.04. The molecule has 3 aliphatic rings. The van der Waals surface area contributed by atoms with Crippen molar-refractivity contribution in [3.8, 4) is 11.5 Å². The number of nitrogens with zero attached hydrogens (tertiary/aromatic N) is 3. The molecule has 2 saturated heterocycles. The van der Waals surface area contributed by atoms with E-state index in [1.54, 1.807) is 27.0 Å². The van der Waals surface area contributed by atoms with Crippen molar-refractivity contribution < 1.29 is 27.5 Å². The minimum atomic E-state index is -3.86. The van der Waals surface area contributed by atoms with Gasteiger partial charge in [0.05, 0.1) is 23.6 Å². The van der Waals surface area contributed by atoms with Crippen LogP contribution in [0.25, 0.3) is 0 Å². The maximum absolute atomic E-state index is 13.7. The van der Waals surface area contributed by atoms with Crippen LogP contribution in [0, 0.1) is 12.8 Å². The number of hydrogen-bond donors (Lipinski definition) is 1. The van der Waals surface area contributed by atoms with Crippen LogP contribution in [-0.2, 0) is 19.6 Å². The van der Waals surface area contributed by atoms with E-state index >= 15 is 0 Å². The molecular weight excluding hydrogens is 508 g/mol. The quantitative estimate of drug-likeness (QED) is 0.618. The number of hydrogen-bond acceptors (Lipinski definition) is 7. The van der Waals surface area contributed by atoms with Gasteiger partial charge in [-0.25, -0.2) is 8.42 Å². The Balaban J connectivity index is 1.26. The van der Waals surface area contributed by atoms with Crippen LogP contribution in [-0.4, -0.2) is 81.9 Å². The van der Waals surface area contributed by atoms with Crippen molar-refractivity contribution in [1.29, 1.82) is 0 Å². The second-order valence-corrected chi connectivity index (χ2v) is 12.0. The highest BCUT2D eigenvalue weighted by Gasteiger charge is 2.37. The van der Waals surface area contributed by atoms with Gasteiger partial charge in [-0.05, 0) is 50.5 Å². The smallest absolute Gasteiger partial charge is 0.265 e. The molecule has 0 bridgehead atoms. The number of sulfonamides is 1. The first kappa shape index (κ1) is 26.3. The topological polar surface area (TPSA) is 108 Å². The Labute approximate surface area is 223 Å². The zero-order valence-corrected chi connectivity index (χ0v) is 22.8. The number of benzene rings is 2. The monoisotopic (exact) mass is 542 g/mol. The number of ether oxygens (including phenoxy) is 2. The normalized spacial score (nSPS) is 22.3. The van der Waals surface area contributed by atoms with E-state index in [0.717, 1.165) is 11.4 Å². The van der Waals surface area contributed by atoms with Crippen LogP contribution >= 0.6 is 0 Å². The highest BCUT2D eigenvalue weighted by molar-refractivity contribution is 7.89. The van der Waals surface area contributed by atoms with Crippen LogP contribution in [0.1, 0.15) is 25.3 Å². The van der Waals surface area contributed by atoms with Crippen LogP contribution in [0.3, 0.4) is 0 Å². The fourth-order valence-corrected chi connectivity index (χ4v) is 7.12. The van der Waals surface area contributed by atoms with Crippen LogP contribution in [0.2, 0.25) is 0 Å². The first-order chi connectivity index (χ1) is 18.2. The van der Waals surface area contributed by atoms with Crippen LogP contribution < -0.4 is 19.7 Å². The minimum absolute atomic E-state index is 0.0113. The first-order valence-electron chi connectivity index (χ1n) is 13.0. The van der Waals surface area contributed by atoms with Crippen LogP contribution in [0.15, 0.2) is 41.3 Å². The summed E-state index contributed by atoms with van der Waals surface area (Å²) in [5, 5.41) is 2.75. The van der Waals surface area contributed by atoms with Gasteiger partial charge < -0.3 is 24.6 Å². The lowest BCUT2D eigenvalue weighted by Crippen LogP contribution is -2.53. The summed E-state index contributed by atoms with van der Waals surface area (Å²) in [5.74, 6) is 0.492. The van der Waals surface area contributed by atoms with Crippen LogP contribution in [0.4, 0.5) is 11.4 Å². The number of amides is 2. The molecule has 0 saturated carbocycles. The van der Waals surface area contributed by atoms with E-state index in [-0.39, 0.29) is 29.2 Å². The molecule has 5 rings (SSSR count). The molecule has 10 nitrogen and oxygen atoms in total. The Morgan fingerprint density at radius 2 is 1.87 bits per heavy atom. The molecule has 38 heavy (non-hydrogen) atoms. The van der Waals surface area contributed by atoms with Crippen molar-refractivity contribution in [3.05, 3.63) is 42.0 Å². The summed E-state index contributed by atoms with van der Waals surface area (Å²) in [6.45, 7) is 6.42. The number of carbonyl (C=O) groups excluding carboxylic acids is 2. The van der Waals surface area contributed by atoms with Gasteiger partial charge in [-0.3, -0.25) is 9.59 Å². The van der Waals surface area contributed by atoms with Gasteiger partial charge in [0.25, 0.3) is 5.91 Å². The minimum Gasteiger partial charge on any atom is -0.497 e. The Morgan fingerprint density at radius 1 is 1.11 bits per heavy atom. The number of piperidine rings is 1. The van der Waals surface area contributed by atoms with Crippen molar-refractivity contribution in [2.75, 3.05) is 56.6 Å². The number of carbonyl (C=O) groups is 2. The van der Waals surface area contributed by atoms with Crippen molar-refractivity contribution in [3.63, 3.8) is 0 Å². The van der Waals surface area contributed by atoms with E-state index in [9.17, 15) is 18.0 Å². The number of rotatable bonds is 5. The molecule has 2 aromatic rings. The molecule has 2 atom stereocenters. The maximum Gasteiger partial charge on any atom is 0.265 e. The summed E-state index contributed by atoms with van der Waals surface area (Å²) in [4.78, 5) is 29.6. The third-order valence-corrected chi connectivity index (χ3v) is 9.58. The third-order valence-electron chi connectivity index (χ3n) is 7.57. The Morgan fingerprint density at radius 3 is 2.61 bits per heavy atom. The molecule has 2 amide bonds. The SMILES string of the molecule is COc1cccc(N2CCN(C(=O)[C@@H]3CCCN(S(=O)(=O)c4cc5c(cc4C)NC(=O)[C@@H](C)O5)C3)CC2)c1. The number of anilines is 2. The molecule has 0 aromatic heterocycles. The average molecular weight is 543 g/mol. The zero-order valence-electron chi connectivity index (χ0n) is 22.0. The van der Waals surface area contributed by atoms with Gasteiger partial charge in [-0.15, -0.1) is 0 Å². The second kappa shape index (κ2) is 10.5. The lowest BCUT2D eigenvalue weighted by atomic mass is 9.97. The van der Waals surface area contributed by atoms with E-state index in [0.29, 0.717) is 62.6 Å². The predicted octanol–water partition coefficient (Wildman–Crippen LogP) is 2.47. The second-order valence-electron chi connectivity index (χ2n) is 10.1. The molecular formula is C27H34N4O6S. The van der Waals surface area contributed by atoms with E-state index in [2.05, 4.69) is 10.2 Å². The van der Waals surface area contributed by atoms with Crippen molar-refractivity contribution in [1.82, 2.24) is 9.21 Å². The molecule has 0 aliphatic carbocycles. The Kier molecular flexibility index (Phi) is 7.23. The Hall–Kier alpha value is -3.31. The molecule has 1 N–H and O–H groups in total. The van der Waals surface area contributed by atoms with Crippen molar-refractivity contribution in [2.24, 2.45) is 5.92 Å². The molecule has 2 aromatic carbocycles. The number of aryl methyl sites for hydroxylation is 1. The molecule has 3 heterocycles. The maximum atomic E-state index is 13.7. The lowest BCUT2D eigenvalue weighted by Gasteiger charge is -2.39. The largest absolute Gasteiger partial charge is 0.497 e. The number of methoxy groups -OCH3 is 1. The zero-order chi connectivity index (χ0) is 27.0. The van der Waals surface area contributed by atoms with Crippen LogP contribution in [0.5, 0.6) is 11.5 Å². The van der Waals surface area contributed by atoms with Gasteiger partial charge in [0, 0.05) is 57.1 Å². The van der Waals surface area contributed by atoms with Crippen molar-refractivity contribution >= 4 is 33.2 Å². The van der Waals surface area contributed by atoms with Gasteiger partial charge in [0.15, 0.2) is 6.10 Å². The first-order valence-corrected chi connectivity index (χ1v) is 14.4. The summed E-state index contributed by atoms with van der Waals surface area (Å²) >= 11 is 0. The molecule has 0 spiro atoms. The van der Waals surface area contributed by atoms with E-state index < -0.39 is 16.1 Å². The molecule has 11 heteroatoms. The summed E-state index contributed by atoms with van der Waals surface area (Å²) in [6, 6.07) is 11.0. The van der Waals surface area contributed by atoms with Gasteiger partial charge in [0.1, 0.15) is 11.5 Å². The standard InChI is InChI=1S/C27H34N4O6S/c1-18-14-23-24(37-19(2)26(32)28-23)16-25(18)38(34,35)31-9-5-6-20(17-31)27(33)30-12-10-29(11-13-30)21-7-4-8-22(15-21)36-3/h4,7-8,14-16,19-20H,5-6,9-13,17H2,1-3H3,(H,28,32)/t19-,20-/m1/s1. The highest BCUT2D eigenvalue weighted by atomic mass is 32.2. The van der Waals surface area contributed by atoms with Gasteiger partial charge in [-0.1, -0.05) is 6.07 Å². The summed E-state index contributed by atoms with van der Waals surface area (Å²) in [5.41, 5.74) is 2.04. The Bertz CT molecular complexity index is 1340. The predicted molar refractivity (Wildman–Crippen MR) is 143 cm³/mol. The fourth-order valence-electron chi connectivity index (χ4n) is 5.37. The molecule has 3 aliphatic heterocycles. The number of piperazine rings is 1. The fraction of sp³-hybridized carbons (Fsp3) is 0.481. The van der Waals surface area contributed by atoms with Crippen molar-refractivity contribution in [2.45, 2.75) is 37.7 Å². The molecule has 204 valence electrons. The summed E-state index contributed by atoms with van der Waals surface area (Å²) < 4.78 is 39.8. The molecule has 2 fully saturated rings. The van der Waals surface area contributed by atoms with Gasteiger partial charge >= 0.3 is 0 Å². The lowest BCUT2D eigenvalue weighted by molar-refractivity contribution is -0.137.